The average Bonchev–Trinajstić information content (AvgIpc) is 2.70. The lowest BCUT2D eigenvalue weighted by Gasteiger charge is -2.33. The third-order valence-electron chi connectivity index (χ3n) is 4.72. The van der Waals surface area contributed by atoms with Crippen LogP contribution >= 0.6 is 0 Å². The zero-order valence-electron chi connectivity index (χ0n) is 17.4. The Morgan fingerprint density at radius 1 is 1.23 bits per heavy atom. The number of rotatable bonds is 7. The molecule has 30 heavy (non-hydrogen) atoms. The van der Waals surface area contributed by atoms with Gasteiger partial charge in [-0.1, -0.05) is 12.1 Å². The first-order chi connectivity index (χ1) is 14.3. The van der Waals surface area contributed by atoms with Crippen LogP contribution < -0.4 is 15.0 Å². The first kappa shape index (κ1) is 21.5. The summed E-state index contributed by atoms with van der Waals surface area (Å²) in [6.07, 6.45) is 3.26. The molecule has 7 heteroatoms. The van der Waals surface area contributed by atoms with Crippen molar-refractivity contribution in [2.75, 3.05) is 37.4 Å². The number of carbonyl (C=O) groups is 2. The van der Waals surface area contributed by atoms with Gasteiger partial charge in [0.15, 0.2) is 6.10 Å². The molecule has 0 aromatic heterocycles. The fraction of sp³-hybridized carbons (Fsp3) is 0.304. The minimum absolute atomic E-state index is 0.0964. The van der Waals surface area contributed by atoms with Gasteiger partial charge in [-0.2, -0.15) is 0 Å². The summed E-state index contributed by atoms with van der Waals surface area (Å²) in [4.78, 5) is 28.7. The minimum Gasteiger partial charge on any atom is -0.479 e. The number of benzene rings is 2. The lowest BCUT2D eigenvalue weighted by molar-refractivity contribution is -0.125. The molecule has 3 rings (SSSR count). The smallest absolute Gasteiger partial charge is 0.267 e. The molecule has 158 valence electrons. The molecule has 1 atom stereocenters. The van der Waals surface area contributed by atoms with E-state index >= 15 is 0 Å². The van der Waals surface area contributed by atoms with Gasteiger partial charge < -0.3 is 19.9 Å². The van der Waals surface area contributed by atoms with Crippen LogP contribution in [0.3, 0.4) is 0 Å². The second kappa shape index (κ2) is 9.54. The molecule has 0 saturated heterocycles. The number of ether oxygens (including phenoxy) is 1. The Bertz CT molecular complexity index is 941. The zero-order chi connectivity index (χ0) is 21.7. The molecule has 1 heterocycles. The fourth-order valence-corrected chi connectivity index (χ4v) is 3.19. The number of amides is 2. The van der Waals surface area contributed by atoms with Crippen LogP contribution in [0, 0.1) is 5.82 Å². The van der Waals surface area contributed by atoms with Gasteiger partial charge in [0.1, 0.15) is 11.6 Å². The molecule has 0 aliphatic carbocycles. The highest BCUT2D eigenvalue weighted by atomic mass is 19.1. The lowest BCUT2D eigenvalue weighted by atomic mass is 10.1. The quantitative estimate of drug-likeness (QED) is 0.708. The van der Waals surface area contributed by atoms with Gasteiger partial charge in [-0.05, 0) is 76.0 Å². The molecular formula is C23H26FN3O3. The predicted octanol–water partition coefficient (Wildman–Crippen LogP) is 3.54. The van der Waals surface area contributed by atoms with Gasteiger partial charge in [0.25, 0.3) is 5.91 Å². The number of fused-ring (bicyclic) bond motifs is 1. The highest BCUT2D eigenvalue weighted by molar-refractivity contribution is 6.04. The van der Waals surface area contributed by atoms with Crippen LogP contribution in [-0.4, -0.2) is 50.0 Å². The Labute approximate surface area is 175 Å². The number of hydrogen-bond donors (Lipinski definition) is 1. The summed E-state index contributed by atoms with van der Waals surface area (Å²) < 4.78 is 18.7. The largest absolute Gasteiger partial charge is 0.479 e. The Hall–Kier alpha value is -3.19. The second-order valence-electron chi connectivity index (χ2n) is 7.46. The Balaban J connectivity index is 1.73. The first-order valence-electron chi connectivity index (χ1n) is 9.85. The van der Waals surface area contributed by atoms with Crippen molar-refractivity contribution in [1.82, 2.24) is 4.90 Å². The molecule has 0 saturated carbocycles. The molecule has 2 aromatic carbocycles. The topological polar surface area (TPSA) is 61.9 Å². The van der Waals surface area contributed by atoms with Crippen molar-refractivity contribution in [3.63, 3.8) is 0 Å². The molecular weight excluding hydrogens is 385 g/mol. The third kappa shape index (κ3) is 5.45. The van der Waals surface area contributed by atoms with Gasteiger partial charge in [-0.25, -0.2) is 4.39 Å². The summed E-state index contributed by atoms with van der Waals surface area (Å²) in [7, 11) is 3.98. The summed E-state index contributed by atoms with van der Waals surface area (Å²) in [5, 5.41) is 2.79. The third-order valence-corrected chi connectivity index (χ3v) is 4.72. The van der Waals surface area contributed by atoms with E-state index in [0.717, 1.165) is 18.5 Å². The summed E-state index contributed by atoms with van der Waals surface area (Å²) in [5.41, 5.74) is 1.93. The molecule has 0 spiro atoms. The van der Waals surface area contributed by atoms with Crippen molar-refractivity contribution in [1.29, 1.82) is 0 Å². The number of anilines is 2. The van der Waals surface area contributed by atoms with Crippen LogP contribution in [0.15, 0.2) is 48.5 Å². The van der Waals surface area contributed by atoms with E-state index in [1.165, 1.54) is 18.2 Å². The van der Waals surface area contributed by atoms with Crippen LogP contribution in [-0.2, 0) is 9.59 Å². The highest BCUT2D eigenvalue weighted by Crippen LogP contribution is 2.36. The van der Waals surface area contributed by atoms with Crippen LogP contribution in [0.4, 0.5) is 15.8 Å². The Morgan fingerprint density at radius 2 is 1.97 bits per heavy atom. The molecule has 1 unspecified atom stereocenters. The predicted molar refractivity (Wildman–Crippen MR) is 116 cm³/mol. The molecule has 2 aromatic rings. The van der Waals surface area contributed by atoms with Crippen LogP contribution in [0.2, 0.25) is 0 Å². The maximum absolute atomic E-state index is 13.0. The van der Waals surface area contributed by atoms with Crippen LogP contribution in [0.25, 0.3) is 6.08 Å². The minimum atomic E-state index is -0.545. The van der Waals surface area contributed by atoms with Gasteiger partial charge >= 0.3 is 0 Å². The molecule has 0 bridgehead atoms. The van der Waals surface area contributed by atoms with Crippen molar-refractivity contribution in [2.45, 2.75) is 19.4 Å². The molecule has 0 radical (unpaired) electrons. The number of halogens is 1. The number of carbonyl (C=O) groups excluding carboxylic acids is 2. The van der Waals surface area contributed by atoms with E-state index in [0.29, 0.717) is 23.7 Å². The highest BCUT2D eigenvalue weighted by Gasteiger charge is 2.31. The first-order valence-corrected chi connectivity index (χ1v) is 9.85. The fourth-order valence-electron chi connectivity index (χ4n) is 3.19. The van der Waals surface area contributed by atoms with E-state index in [-0.39, 0.29) is 17.6 Å². The van der Waals surface area contributed by atoms with E-state index in [2.05, 4.69) is 10.2 Å². The number of nitrogens with one attached hydrogen (secondary N) is 1. The molecule has 1 aliphatic heterocycles. The van der Waals surface area contributed by atoms with Gasteiger partial charge in [0, 0.05) is 18.3 Å². The lowest BCUT2D eigenvalue weighted by Crippen LogP contribution is -2.45. The van der Waals surface area contributed by atoms with E-state index < -0.39 is 6.10 Å². The van der Waals surface area contributed by atoms with Gasteiger partial charge in [-0.15, -0.1) is 0 Å². The van der Waals surface area contributed by atoms with Gasteiger partial charge in [0.05, 0.1) is 5.69 Å². The van der Waals surface area contributed by atoms with E-state index in [9.17, 15) is 14.0 Å². The van der Waals surface area contributed by atoms with Gasteiger partial charge in [0.2, 0.25) is 5.91 Å². The number of hydrogen-bond acceptors (Lipinski definition) is 4. The summed E-state index contributed by atoms with van der Waals surface area (Å²) >= 11 is 0. The molecule has 2 amide bonds. The van der Waals surface area contributed by atoms with E-state index in [1.54, 1.807) is 48.2 Å². The standard InChI is InChI=1S/C23H26FN3O3/c1-16-23(29)27(14-4-13-26(2)3)20-15-19(10-11-21(20)30-16)25-22(28)12-7-17-5-8-18(24)9-6-17/h5-12,15-16H,4,13-14H2,1-3H3,(H,25,28)/b12-7+. The maximum Gasteiger partial charge on any atom is 0.267 e. The summed E-state index contributed by atoms with van der Waals surface area (Å²) in [6.45, 7) is 3.17. The summed E-state index contributed by atoms with van der Waals surface area (Å²) in [6, 6.07) is 11.1. The van der Waals surface area contributed by atoms with Crippen molar-refractivity contribution in [3.8, 4) is 5.75 Å². The second-order valence-corrected chi connectivity index (χ2v) is 7.46. The number of nitrogens with zero attached hydrogens (tertiary/aromatic N) is 2. The zero-order valence-corrected chi connectivity index (χ0v) is 17.4. The van der Waals surface area contributed by atoms with Crippen LogP contribution in [0.5, 0.6) is 5.75 Å². The van der Waals surface area contributed by atoms with Crippen LogP contribution in [0.1, 0.15) is 18.9 Å². The normalized spacial score (nSPS) is 16.0. The molecule has 0 fully saturated rings. The molecule has 6 nitrogen and oxygen atoms in total. The van der Waals surface area contributed by atoms with Crippen molar-refractivity contribution < 1.29 is 18.7 Å². The van der Waals surface area contributed by atoms with Crippen molar-refractivity contribution in [2.24, 2.45) is 0 Å². The average molecular weight is 411 g/mol. The maximum atomic E-state index is 13.0. The molecule has 1 aliphatic rings. The molecule has 1 N–H and O–H groups in total. The van der Waals surface area contributed by atoms with Crippen molar-refractivity contribution in [3.05, 3.63) is 59.9 Å². The monoisotopic (exact) mass is 411 g/mol. The SMILES string of the molecule is CC1Oc2ccc(NC(=O)/C=C/c3ccc(F)cc3)cc2N(CCCN(C)C)C1=O. The van der Waals surface area contributed by atoms with Gasteiger partial charge in [-0.3, -0.25) is 9.59 Å². The Morgan fingerprint density at radius 3 is 2.67 bits per heavy atom. The Kier molecular flexibility index (Phi) is 6.84. The summed E-state index contributed by atoms with van der Waals surface area (Å²) in [5.74, 6) is -0.130. The van der Waals surface area contributed by atoms with E-state index in [1.807, 2.05) is 14.1 Å². The van der Waals surface area contributed by atoms with Crippen molar-refractivity contribution >= 4 is 29.3 Å². The van der Waals surface area contributed by atoms with E-state index in [4.69, 9.17) is 4.74 Å².